The Morgan fingerprint density at radius 1 is 0.974 bits per heavy atom. The number of hydrogen-bond donors (Lipinski definition) is 0. The largest absolute Gasteiger partial charge is 0.303 e. The highest BCUT2D eigenvalue weighted by atomic mass is 32.1. The van der Waals surface area contributed by atoms with Crippen LogP contribution in [-0.4, -0.2) is 22.0 Å². The summed E-state index contributed by atoms with van der Waals surface area (Å²) >= 11 is 1.45. The van der Waals surface area contributed by atoms with Crippen molar-refractivity contribution in [3.05, 3.63) is 46.1 Å². The van der Waals surface area contributed by atoms with Gasteiger partial charge in [0.05, 0.1) is 0 Å². The Morgan fingerprint density at radius 2 is 1.59 bits per heavy atom. The van der Waals surface area contributed by atoms with Crippen molar-refractivity contribution in [2.45, 2.75) is 140 Å². The summed E-state index contributed by atoms with van der Waals surface area (Å²) in [6.07, 6.45) is 18.9. The Hall–Kier alpha value is -2.14. The lowest BCUT2D eigenvalue weighted by molar-refractivity contribution is -0.107. The average molecular weight is 559 g/mol. The van der Waals surface area contributed by atoms with Crippen LogP contribution in [0.5, 0.6) is 0 Å². The summed E-state index contributed by atoms with van der Waals surface area (Å²) in [5, 5.41) is 0.627. The van der Waals surface area contributed by atoms with Crippen LogP contribution >= 0.6 is 11.3 Å². The van der Waals surface area contributed by atoms with Gasteiger partial charge in [-0.25, -0.2) is 9.97 Å². The van der Waals surface area contributed by atoms with Crippen molar-refractivity contribution < 1.29 is 9.59 Å². The first kappa shape index (κ1) is 39.0. The highest BCUT2D eigenvalue weighted by Crippen LogP contribution is 2.27. The molecule has 0 radical (unpaired) electrons. The van der Waals surface area contributed by atoms with Gasteiger partial charge in [0, 0.05) is 18.5 Å². The minimum absolute atomic E-state index is 0.151. The van der Waals surface area contributed by atoms with Gasteiger partial charge in [0.15, 0.2) is 10.8 Å². The van der Waals surface area contributed by atoms with E-state index in [1.807, 2.05) is 27.7 Å². The molecule has 2 aromatic rings. The van der Waals surface area contributed by atoms with E-state index < -0.39 is 0 Å². The molecule has 0 amide bonds. The molecule has 0 N–H and O–H groups in total. The highest BCUT2D eigenvalue weighted by molar-refractivity contribution is 7.19. The first-order valence-electron chi connectivity index (χ1n) is 15.3. The van der Waals surface area contributed by atoms with E-state index in [9.17, 15) is 9.59 Å². The summed E-state index contributed by atoms with van der Waals surface area (Å²) in [5.41, 5.74) is 4.92. The van der Waals surface area contributed by atoms with Crippen LogP contribution < -0.4 is 0 Å². The fourth-order valence-electron chi connectivity index (χ4n) is 3.40. The molecule has 1 aliphatic carbocycles. The Labute approximate surface area is 244 Å². The van der Waals surface area contributed by atoms with Gasteiger partial charge in [-0.2, -0.15) is 0 Å². The molecule has 0 aliphatic heterocycles. The molecule has 222 valence electrons. The average Bonchev–Trinajstić information content (AvgIpc) is 3.33. The number of aldehydes is 1. The van der Waals surface area contributed by atoms with Gasteiger partial charge in [-0.1, -0.05) is 104 Å². The van der Waals surface area contributed by atoms with E-state index in [0.717, 1.165) is 54.7 Å². The summed E-state index contributed by atoms with van der Waals surface area (Å²) in [6.45, 7) is 21.0. The van der Waals surface area contributed by atoms with E-state index in [1.54, 1.807) is 0 Å². The van der Waals surface area contributed by atoms with Crippen molar-refractivity contribution in [1.29, 1.82) is 0 Å². The topological polar surface area (TPSA) is 59.9 Å². The van der Waals surface area contributed by atoms with Crippen LogP contribution in [0.2, 0.25) is 0 Å². The zero-order valence-electron chi connectivity index (χ0n) is 26.9. The van der Waals surface area contributed by atoms with Gasteiger partial charge in [-0.05, 0) is 75.8 Å². The molecule has 0 saturated carbocycles. The van der Waals surface area contributed by atoms with E-state index >= 15 is 0 Å². The number of rotatable bonds is 9. The molecule has 4 nitrogen and oxygen atoms in total. The molecule has 3 rings (SSSR count). The van der Waals surface area contributed by atoms with Gasteiger partial charge in [0.1, 0.15) is 16.6 Å². The lowest BCUT2D eigenvalue weighted by Gasteiger charge is -2.13. The third-order valence-corrected chi connectivity index (χ3v) is 6.19. The molecule has 5 heteroatoms. The van der Waals surface area contributed by atoms with Gasteiger partial charge >= 0.3 is 0 Å². The second kappa shape index (κ2) is 26.1. The Morgan fingerprint density at radius 3 is 2.10 bits per heavy atom. The molecule has 39 heavy (non-hydrogen) atoms. The number of Topliss-reactive ketones (excluding diaryl/α,β-unsaturated/α-hetero) is 1. The fraction of sp³-hybridized carbons (Fsp3) is 0.647. The lowest BCUT2D eigenvalue weighted by Crippen LogP contribution is -2.04. The van der Waals surface area contributed by atoms with Crippen LogP contribution in [0, 0.1) is 5.92 Å². The van der Waals surface area contributed by atoms with Crippen molar-refractivity contribution in [3.8, 4) is 0 Å². The first-order chi connectivity index (χ1) is 18.7. The fourth-order valence-corrected chi connectivity index (χ4v) is 4.31. The SMILES string of the molecule is CC.CC(C)C.CC/C=C\C=C(/C)CCC.CCCC(=O)c1nc2cc3c(nc2s1)CCCC3.CCCC=O. The maximum Gasteiger partial charge on any atom is 0.191 e. The molecular formula is C34H58N2O2S. The summed E-state index contributed by atoms with van der Waals surface area (Å²) in [6, 6.07) is 2.13. The number of unbranched alkanes of at least 4 members (excludes halogenated alkanes) is 1. The van der Waals surface area contributed by atoms with Gasteiger partial charge in [-0.3, -0.25) is 4.79 Å². The molecule has 0 atom stereocenters. The minimum atomic E-state index is 0.151. The van der Waals surface area contributed by atoms with Crippen LogP contribution in [0.15, 0.2) is 29.9 Å². The van der Waals surface area contributed by atoms with Crippen LogP contribution in [0.4, 0.5) is 0 Å². The van der Waals surface area contributed by atoms with Crippen molar-refractivity contribution in [2.24, 2.45) is 5.92 Å². The number of allylic oxidation sites excluding steroid dienone is 4. The number of ketones is 1. The van der Waals surface area contributed by atoms with Crippen LogP contribution in [-0.2, 0) is 17.6 Å². The highest BCUT2D eigenvalue weighted by Gasteiger charge is 2.16. The number of aryl methyl sites for hydroxylation is 2. The molecule has 2 aromatic heterocycles. The second-order valence-corrected chi connectivity index (χ2v) is 11.1. The number of hydrogen-bond acceptors (Lipinski definition) is 5. The lowest BCUT2D eigenvalue weighted by atomic mass is 9.96. The summed E-state index contributed by atoms with van der Waals surface area (Å²) in [4.78, 5) is 31.3. The van der Waals surface area contributed by atoms with Crippen molar-refractivity contribution in [3.63, 3.8) is 0 Å². The number of carbonyl (C=O) groups excluding carboxylic acids is 2. The number of carbonyl (C=O) groups is 2. The predicted octanol–water partition coefficient (Wildman–Crippen LogP) is 10.9. The predicted molar refractivity (Wildman–Crippen MR) is 174 cm³/mol. The number of thiazole rings is 1. The summed E-state index contributed by atoms with van der Waals surface area (Å²) < 4.78 is 0. The molecular weight excluding hydrogens is 500 g/mol. The zero-order valence-corrected chi connectivity index (χ0v) is 27.7. The van der Waals surface area contributed by atoms with Gasteiger partial charge in [0.2, 0.25) is 0 Å². The maximum absolute atomic E-state index is 11.9. The molecule has 2 heterocycles. The molecule has 0 spiro atoms. The van der Waals surface area contributed by atoms with E-state index in [4.69, 9.17) is 0 Å². The standard InChI is InChI=1S/C14H16N2OS.C10H18.C4H8O.C4H10.C2H6/c1-2-5-12(17)14-16-11-8-9-6-3-4-7-10(9)15-13(11)18-14;1-4-6-7-9-10(3)8-5-2;1-2-3-4-5;1-4(2)3;1-2/h8H,2-7H2,1H3;6-7,9H,4-5,8H2,1-3H3;4H,2-3H2,1H3;4H,1-3H3;1-2H3/b;7-6-,10-9+;;;. The third-order valence-electron chi connectivity index (χ3n) is 5.18. The van der Waals surface area contributed by atoms with Crippen molar-refractivity contribution >= 4 is 33.8 Å². The molecule has 1 aliphatic rings. The van der Waals surface area contributed by atoms with E-state index in [2.05, 4.69) is 75.8 Å². The second-order valence-electron chi connectivity index (χ2n) is 10.1. The Bertz CT molecular complexity index is 912. The number of fused-ring (bicyclic) bond motifs is 2. The van der Waals surface area contributed by atoms with Crippen LogP contribution in [0.1, 0.15) is 148 Å². The number of nitrogens with zero attached hydrogens (tertiary/aromatic N) is 2. The van der Waals surface area contributed by atoms with Gasteiger partial charge in [-0.15, -0.1) is 0 Å². The maximum atomic E-state index is 11.9. The quantitative estimate of drug-likeness (QED) is 0.174. The zero-order chi connectivity index (χ0) is 30.1. The summed E-state index contributed by atoms with van der Waals surface area (Å²) in [7, 11) is 0. The number of pyridine rings is 1. The first-order valence-corrected chi connectivity index (χ1v) is 16.1. The van der Waals surface area contributed by atoms with Crippen molar-refractivity contribution in [1.82, 2.24) is 9.97 Å². The van der Waals surface area contributed by atoms with Gasteiger partial charge in [0.25, 0.3) is 0 Å². The molecule has 0 aromatic carbocycles. The monoisotopic (exact) mass is 558 g/mol. The van der Waals surface area contributed by atoms with E-state index in [1.165, 1.54) is 53.9 Å². The van der Waals surface area contributed by atoms with Crippen LogP contribution in [0.3, 0.4) is 0 Å². The van der Waals surface area contributed by atoms with Crippen molar-refractivity contribution in [2.75, 3.05) is 0 Å². The van der Waals surface area contributed by atoms with Gasteiger partial charge < -0.3 is 4.79 Å². The number of aromatic nitrogens is 2. The Balaban J connectivity index is 0. The third kappa shape index (κ3) is 19.5. The Kier molecular flexibility index (Phi) is 26.1. The summed E-state index contributed by atoms with van der Waals surface area (Å²) in [5.74, 6) is 0.985. The van der Waals surface area contributed by atoms with E-state index in [0.29, 0.717) is 17.8 Å². The molecule has 0 bridgehead atoms. The minimum Gasteiger partial charge on any atom is -0.303 e. The van der Waals surface area contributed by atoms with E-state index in [-0.39, 0.29) is 5.78 Å². The normalized spacial score (nSPS) is 12.1. The molecule has 0 unspecified atom stereocenters. The smallest absolute Gasteiger partial charge is 0.191 e. The molecule has 0 saturated heterocycles. The van der Waals surface area contributed by atoms with Crippen LogP contribution in [0.25, 0.3) is 10.3 Å². The molecule has 0 fully saturated rings.